The van der Waals surface area contributed by atoms with Gasteiger partial charge < -0.3 is 20.2 Å². The number of nitrogens with one attached hydrogen (secondary N) is 3. The largest absolute Gasteiger partial charge is 0.506 e. The van der Waals surface area contributed by atoms with Crippen molar-refractivity contribution in [1.82, 2.24) is 10.2 Å². The summed E-state index contributed by atoms with van der Waals surface area (Å²) >= 11 is 0. The highest BCUT2D eigenvalue weighted by Crippen LogP contribution is 2.42. The molecule has 1 saturated heterocycles. The van der Waals surface area contributed by atoms with Gasteiger partial charge in [0.05, 0.1) is 23.0 Å². The third-order valence-corrected chi connectivity index (χ3v) is 8.89. The lowest BCUT2D eigenvalue weighted by Gasteiger charge is -2.19. The van der Waals surface area contributed by atoms with Gasteiger partial charge in [-0.25, -0.2) is 17.2 Å². The zero-order valence-corrected chi connectivity index (χ0v) is 24.4. The zero-order valence-electron chi connectivity index (χ0n) is 23.6. The van der Waals surface area contributed by atoms with E-state index in [-0.39, 0.29) is 40.5 Å². The molecule has 0 bridgehead atoms. The molecule has 2 amide bonds. The number of aromatic hydroxyl groups is 1. The Balaban J connectivity index is 1.59. The average Bonchev–Trinajstić information content (AvgIpc) is 3.54. The topological polar surface area (TPSA) is 141 Å². The summed E-state index contributed by atoms with van der Waals surface area (Å²) in [6, 6.07) is 11.6. The van der Waals surface area contributed by atoms with Crippen LogP contribution in [0.3, 0.4) is 0 Å². The van der Waals surface area contributed by atoms with Crippen LogP contribution >= 0.6 is 0 Å². The van der Waals surface area contributed by atoms with Crippen LogP contribution in [0.5, 0.6) is 5.75 Å². The molecule has 1 unspecified atom stereocenters. The van der Waals surface area contributed by atoms with Crippen molar-refractivity contribution < 1.29 is 36.3 Å². The normalized spacial score (nSPS) is 17.2. The third kappa shape index (κ3) is 5.90. The number of fused-ring (bicyclic) bond motifs is 1. The number of hydrogen-bond acceptors (Lipinski definition) is 7. The van der Waals surface area contributed by atoms with Crippen molar-refractivity contribution in [2.75, 3.05) is 36.4 Å². The standard InChI is InChI=1S/C30H30F2N4O6S/c1-4-43(40,41)35-22-14-25-20(26(30(39)33-2)28(42-25)16-8-10-18(31)11-9-16)13-19(22)17-12-23(36(3)15-17)29(38)34-27-21(32)6-5-7-24(27)37/h5-11,13-14,17,23,35,37H,4,12,15H2,1-3H3,(H,33,39)(H,34,38)/t17?,23-/m0/s1. The molecule has 5 rings (SSSR count). The van der Waals surface area contributed by atoms with Gasteiger partial charge in [-0.15, -0.1) is 0 Å². The summed E-state index contributed by atoms with van der Waals surface area (Å²) < 4.78 is 62.0. The van der Waals surface area contributed by atoms with E-state index in [1.54, 1.807) is 18.0 Å². The fourth-order valence-electron chi connectivity index (χ4n) is 5.35. The van der Waals surface area contributed by atoms with Gasteiger partial charge in [0.15, 0.2) is 5.82 Å². The first-order chi connectivity index (χ1) is 20.4. The minimum atomic E-state index is -3.74. The van der Waals surface area contributed by atoms with E-state index in [1.807, 2.05) is 0 Å². The molecule has 0 aliphatic carbocycles. The Bertz CT molecular complexity index is 1800. The number of amides is 2. The number of phenolic OH excluding ortho intramolecular Hbond substituents is 1. The van der Waals surface area contributed by atoms with E-state index in [9.17, 15) is 31.9 Å². The van der Waals surface area contributed by atoms with Gasteiger partial charge in [0, 0.05) is 36.5 Å². The Hall–Kier alpha value is -4.49. The fourth-order valence-corrected chi connectivity index (χ4v) is 6.01. The monoisotopic (exact) mass is 612 g/mol. The average molecular weight is 613 g/mol. The number of halogens is 2. The van der Waals surface area contributed by atoms with Crippen LogP contribution in [0.25, 0.3) is 22.3 Å². The molecule has 1 aliphatic rings. The number of rotatable bonds is 8. The van der Waals surface area contributed by atoms with Gasteiger partial charge in [0.2, 0.25) is 15.9 Å². The minimum absolute atomic E-state index is 0.182. The van der Waals surface area contributed by atoms with Crippen LogP contribution in [0, 0.1) is 11.6 Å². The number of para-hydroxylation sites is 1. The van der Waals surface area contributed by atoms with Crippen molar-refractivity contribution in [2.24, 2.45) is 0 Å². The molecule has 43 heavy (non-hydrogen) atoms. The molecule has 0 spiro atoms. The summed E-state index contributed by atoms with van der Waals surface area (Å²) in [6.07, 6.45) is 0.224. The molecule has 1 aliphatic heterocycles. The van der Waals surface area contributed by atoms with Crippen LogP contribution in [0.15, 0.2) is 59.0 Å². The van der Waals surface area contributed by atoms with E-state index in [4.69, 9.17) is 4.42 Å². The molecule has 0 radical (unpaired) electrons. The highest BCUT2D eigenvalue weighted by Gasteiger charge is 2.38. The molecule has 3 aromatic carbocycles. The number of phenols is 1. The van der Waals surface area contributed by atoms with Crippen molar-refractivity contribution in [3.63, 3.8) is 0 Å². The molecule has 4 N–H and O–H groups in total. The van der Waals surface area contributed by atoms with Gasteiger partial charge in [-0.05, 0) is 68.4 Å². The number of likely N-dealkylation sites (tertiary alicyclic amines) is 1. The quantitative estimate of drug-likeness (QED) is 0.213. The van der Waals surface area contributed by atoms with Gasteiger partial charge in [-0.2, -0.15) is 0 Å². The Kier molecular flexibility index (Phi) is 8.12. The SMILES string of the molecule is CCS(=O)(=O)Nc1cc2oc(-c3ccc(F)cc3)c(C(=O)NC)c2cc1C1C[C@@H](C(=O)Nc2c(O)cccc2F)N(C)C1. The molecule has 0 saturated carbocycles. The third-order valence-electron chi connectivity index (χ3n) is 7.60. The van der Waals surface area contributed by atoms with Crippen LogP contribution < -0.4 is 15.4 Å². The van der Waals surface area contributed by atoms with E-state index in [0.717, 1.165) is 6.07 Å². The van der Waals surface area contributed by atoms with Gasteiger partial charge in [0.25, 0.3) is 5.91 Å². The number of nitrogens with zero attached hydrogens (tertiary/aromatic N) is 1. The smallest absolute Gasteiger partial charge is 0.255 e. The molecule has 2 atom stereocenters. The van der Waals surface area contributed by atoms with Crippen LogP contribution in [-0.4, -0.2) is 62.7 Å². The summed E-state index contributed by atoms with van der Waals surface area (Å²) in [7, 11) is -0.573. The van der Waals surface area contributed by atoms with Crippen molar-refractivity contribution in [1.29, 1.82) is 0 Å². The molecule has 10 nitrogen and oxygen atoms in total. The van der Waals surface area contributed by atoms with Crippen molar-refractivity contribution in [2.45, 2.75) is 25.3 Å². The number of sulfonamides is 1. The highest BCUT2D eigenvalue weighted by molar-refractivity contribution is 7.92. The maximum Gasteiger partial charge on any atom is 0.255 e. The van der Waals surface area contributed by atoms with E-state index in [2.05, 4.69) is 15.4 Å². The number of likely N-dealkylation sites (N-methyl/N-ethyl adjacent to an activating group) is 1. The second-order valence-electron chi connectivity index (χ2n) is 10.3. The number of furan rings is 1. The molecule has 1 aromatic heterocycles. The van der Waals surface area contributed by atoms with Gasteiger partial charge in [0.1, 0.15) is 28.6 Å². The molecule has 226 valence electrons. The first-order valence-electron chi connectivity index (χ1n) is 13.5. The molecule has 13 heteroatoms. The van der Waals surface area contributed by atoms with E-state index in [0.29, 0.717) is 23.1 Å². The Labute approximate surface area is 246 Å². The first kappa shape index (κ1) is 30.0. The highest BCUT2D eigenvalue weighted by atomic mass is 32.2. The summed E-state index contributed by atoms with van der Waals surface area (Å²) in [5, 5.41) is 15.5. The number of carbonyl (C=O) groups is 2. The summed E-state index contributed by atoms with van der Waals surface area (Å²) in [5.41, 5.74) is 1.28. The van der Waals surface area contributed by atoms with Crippen LogP contribution in [0.1, 0.15) is 35.2 Å². The summed E-state index contributed by atoms with van der Waals surface area (Å²) in [4.78, 5) is 28.1. The van der Waals surface area contributed by atoms with Crippen molar-refractivity contribution in [3.8, 4) is 17.1 Å². The molecular formula is C30H30F2N4O6S. The molecule has 2 heterocycles. The van der Waals surface area contributed by atoms with E-state index < -0.39 is 51.2 Å². The Morgan fingerprint density at radius 2 is 1.84 bits per heavy atom. The van der Waals surface area contributed by atoms with E-state index >= 15 is 0 Å². The summed E-state index contributed by atoms with van der Waals surface area (Å²) in [5.74, 6) is -3.08. The second-order valence-corrected chi connectivity index (χ2v) is 12.4. The molecule has 4 aromatic rings. The lowest BCUT2D eigenvalue weighted by Crippen LogP contribution is -2.37. The van der Waals surface area contributed by atoms with Gasteiger partial charge >= 0.3 is 0 Å². The minimum Gasteiger partial charge on any atom is -0.506 e. The maximum atomic E-state index is 14.3. The molecular weight excluding hydrogens is 582 g/mol. The second kappa shape index (κ2) is 11.7. The van der Waals surface area contributed by atoms with Crippen LogP contribution in [0.2, 0.25) is 0 Å². The van der Waals surface area contributed by atoms with E-state index in [1.165, 1.54) is 56.4 Å². The number of benzene rings is 3. The zero-order chi connectivity index (χ0) is 31.1. The Morgan fingerprint density at radius 3 is 2.49 bits per heavy atom. The molecule has 1 fully saturated rings. The maximum absolute atomic E-state index is 14.3. The number of carbonyl (C=O) groups excluding carboxylic acids is 2. The van der Waals surface area contributed by atoms with Gasteiger partial charge in [-0.3, -0.25) is 19.2 Å². The summed E-state index contributed by atoms with van der Waals surface area (Å²) in [6.45, 7) is 1.82. The van der Waals surface area contributed by atoms with Crippen LogP contribution in [-0.2, 0) is 14.8 Å². The predicted octanol–water partition coefficient (Wildman–Crippen LogP) is 4.63. The van der Waals surface area contributed by atoms with Crippen LogP contribution in [0.4, 0.5) is 20.2 Å². The fraction of sp³-hybridized carbons (Fsp3) is 0.267. The lowest BCUT2D eigenvalue weighted by molar-refractivity contribution is -0.120. The van der Waals surface area contributed by atoms with Crippen molar-refractivity contribution in [3.05, 3.63) is 77.4 Å². The predicted molar refractivity (Wildman–Crippen MR) is 159 cm³/mol. The Morgan fingerprint density at radius 1 is 1.12 bits per heavy atom. The lowest BCUT2D eigenvalue weighted by atomic mass is 9.92. The number of hydrogen-bond donors (Lipinski definition) is 4. The van der Waals surface area contributed by atoms with Gasteiger partial charge in [-0.1, -0.05) is 6.07 Å². The van der Waals surface area contributed by atoms with Crippen molar-refractivity contribution >= 4 is 44.2 Å². The number of anilines is 2. The first-order valence-corrected chi connectivity index (χ1v) is 15.1.